The van der Waals surface area contributed by atoms with Crippen LogP contribution in [-0.2, 0) is 28.4 Å². The topological polar surface area (TPSA) is 198 Å². The molecule has 0 saturated carbocycles. The zero-order valence-electron chi connectivity index (χ0n) is 18.2. The molecule has 1 aliphatic rings. The SMILES string of the molecule is CCOC(=O)C1=C[C@@H](OC(CC)CC)[C@H](NC(C)=O)[C@@H](NC(=O)CN)C1.O=P(O)(O)O. The summed E-state index contributed by atoms with van der Waals surface area (Å²) in [4.78, 5) is 57.3. The number of amides is 2. The fraction of sp³-hybridized carbons (Fsp3) is 0.722. The quantitative estimate of drug-likeness (QED) is 0.189. The van der Waals surface area contributed by atoms with Crippen LogP contribution in [0.3, 0.4) is 0 Å². The highest BCUT2D eigenvalue weighted by Gasteiger charge is 2.38. The second-order valence-electron chi connectivity index (χ2n) is 6.77. The van der Waals surface area contributed by atoms with Crippen LogP contribution in [0.15, 0.2) is 11.6 Å². The van der Waals surface area contributed by atoms with Gasteiger partial charge in [0, 0.05) is 18.9 Å². The lowest BCUT2D eigenvalue weighted by atomic mass is 9.87. The van der Waals surface area contributed by atoms with Gasteiger partial charge in [0.05, 0.1) is 37.4 Å². The molecule has 2 amide bonds. The van der Waals surface area contributed by atoms with Crippen LogP contribution in [0.1, 0.15) is 47.0 Å². The molecule has 180 valence electrons. The van der Waals surface area contributed by atoms with E-state index in [2.05, 4.69) is 10.6 Å². The van der Waals surface area contributed by atoms with Gasteiger partial charge in [0.1, 0.15) is 0 Å². The van der Waals surface area contributed by atoms with Crippen molar-refractivity contribution in [3.8, 4) is 0 Å². The fourth-order valence-corrected chi connectivity index (χ4v) is 2.99. The van der Waals surface area contributed by atoms with Crippen molar-refractivity contribution in [1.82, 2.24) is 10.6 Å². The number of carbonyl (C=O) groups excluding carboxylic acids is 3. The van der Waals surface area contributed by atoms with Crippen molar-refractivity contribution in [1.29, 1.82) is 0 Å². The van der Waals surface area contributed by atoms with Crippen molar-refractivity contribution in [2.24, 2.45) is 5.73 Å². The molecule has 0 spiro atoms. The second kappa shape index (κ2) is 14.3. The molecule has 0 heterocycles. The van der Waals surface area contributed by atoms with E-state index in [9.17, 15) is 14.4 Å². The Hall–Kier alpha value is -1.82. The molecule has 0 aromatic rings. The normalized spacial score (nSPS) is 20.8. The Morgan fingerprint density at radius 1 is 1.19 bits per heavy atom. The molecule has 3 atom stereocenters. The molecule has 0 radical (unpaired) electrons. The lowest BCUT2D eigenvalue weighted by molar-refractivity contribution is -0.139. The minimum absolute atomic E-state index is 0.0279. The summed E-state index contributed by atoms with van der Waals surface area (Å²) in [5.41, 5.74) is 5.82. The molecule has 0 bridgehead atoms. The van der Waals surface area contributed by atoms with Gasteiger partial charge in [0.2, 0.25) is 11.8 Å². The molecule has 13 heteroatoms. The minimum atomic E-state index is -4.64. The average Bonchev–Trinajstić information content (AvgIpc) is 2.66. The summed E-state index contributed by atoms with van der Waals surface area (Å²) in [7, 11) is -4.64. The third kappa shape index (κ3) is 12.6. The maximum Gasteiger partial charge on any atom is 0.466 e. The predicted octanol–water partition coefficient (Wildman–Crippen LogP) is -0.527. The van der Waals surface area contributed by atoms with Crippen LogP contribution >= 0.6 is 7.82 Å². The molecule has 0 fully saturated rings. The summed E-state index contributed by atoms with van der Waals surface area (Å²) < 4.78 is 20.1. The summed E-state index contributed by atoms with van der Waals surface area (Å²) in [5.74, 6) is -1.05. The highest BCUT2D eigenvalue weighted by Crippen LogP contribution is 2.26. The summed E-state index contributed by atoms with van der Waals surface area (Å²) >= 11 is 0. The number of hydrogen-bond acceptors (Lipinski definition) is 7. The highest BCUT2D eigenvalue weighted by atomic mass is 31.2. The van der Waals surface area contributed by atoms with Gasteiger partial charge in [-0.15, -0.1) is 0 Å². The van der Waals surface area contributed by atoms with Gasteiger partial charge in [-0.1, -0.05) is 13.8 Å². The molecule has 0 aliphatic heterocycles. The third-order valence-corrected chi connectivity index (χ3v) is 4.29. The first-order valence-electron chi connectivity index (χ1n) is 9.94. The van der Waals surface area contributed by atoms with E-state index in [1.54, 1.807) is 13.0 Å². The predicted molar refractivity (Wildman–Crippen MR) is 111 cm³/mol. The monoisotopic (exact) mass is 467 g/mol. The third-order valence-electron chi connectivity index (χ3n) is 4.29. The van der Waals surface area contributed by atoms with Gasteiger partial charge in [-0.3, -0.25) is 9.59 Å². The number of rotatable bonds is 9. The zero-order chi connectivity index (χ0) is 24.2. The molecule has 0 unspecified atom stereocenters. The number of nitrogens with two attached hydrogens (primary N) is 1. The van der Waals surface area contributed by atoms with Gasteiger partial charge in [-0.2, -0.15) is 0 Å². The molecular weight excluding hydrogens is 433 g/mol. The highest BCUT2D eigenvalue weighted by molar-refractivity contribution is 7.45. The lowest BCUT2D eigenvalue weighted by Crippen LogP contribution is -2.60. The maximum atomic E-state index is 12.2. The van der Waals surface area contributed by atoms with E-state index in [1.807, 2.05) is 13.8 Å². The smallest absolute Gasteiger partial charge is 0.463 e. The van der Waals surface area contributed by atoms with Crippen LogP contribution in [0.2, 0.25) is 0 Å². The van der Waals surface area contributed by atoms with Crippen molar-refractivity contribution < 1.29 is 43.1 Å². The van der Waals surface area contributed by atoms with E-state index >= 15 is 0 Å². The number of hydrogen-bond donors (Lipinski definition) is 6. The van der Waals surface area contributed by atoms with Crippen LogP contribution in [-0.4, -0.2) is 69.9 Å². The maximum absolute atomic E-state index is 12.2. The molecule has 7 N–H and O–H groups in total. The Bertz CT molecular complexity index is 668. The number of carbonyl (C=O) groups is 3. The van der Waals surface area contributed by atoms with Gasteiger partial charge in [0.25, 0.3) is 0 Å². The van der Waals surface area contributed by atoms with Crippen molar-refractivity contribution in [3.63, 3.8) is 0 Å². The Morgan fingerprint density at radius 3 is 2.16 bits per heavy atom. The van der Waals surface area contributed by atoms with Crippen molar-refractivity contribution >= 4 is 25.6 Å². The van der Waals surface area contributed by atoms with Crippen LogP contribution in [0, 0.1) is 0 Å². The van der Waals surface area contributed by atoms with E-state index in [-0.39, 0.29) is 37.5 Å². The Kier molecular flexibility index (Phi) is 13.4. The summed E-state index contributed by atoms with van der Waals surface area (Å²) in [6, 6.07) is -1.01. The molecule has 12 nitrogen and oxygen atoms in total. The summed E-state index contributed by atoms with van der Waals surface area (Å²) in [6.07, 6.45) is 2.94. The Labute approximate surface area is 181 Å². The molecule has 0 saturated heterocycles. The largest absolute Gasteiger partial charge is 0.466 e. The number of esters is 1. The number of ether oxygens (including phenoxy) is 2. The summed E-state index contributed by atoms with van der Waals surface area (Å²) in [5, 5.41) is 5.62. The summed E-state index contributed by atoms with van der Waals surface area (Å²) in [6.45, 7) is 7.22. The average molecular weight is 467 g/mol. The van der Waals surface area contributed by atoms with Crippen LogP contribution in [0.5, 0.6) is 0 Å². The molecule has 1 aliphatic carbocycles. The van der Waals surface area contributed by atoms with Gasteiger partial charge in [0.15, 0.2) is 0 Å². The number of nitrogens with one attached hydrogen (secondary N) is 2. The standard InChI is InChI=1S/C18H31N3O5.H3O4P/c1-5-13(6-2)26-15-9-12(18(24)25-7-3)8-14(21-16(23)10-19)17(15)20-11(4)22;1-5(2,3)4/h9,13-15,17H,5-8,10,19H2,1-4H3,(H,20,22)(H,21,23);(H3,1,2,3,4)/t14-,15+,17+;/m0./s1. The van der Waals surface area contributed by atoms with Gasteiger partial charge in [-0.05, 0) is 25.8 Å². The van der Waals surface area contributed by atoms with Gasteiger partial charge >= 0.3 is 13.8 Å². The lowest BCUT2D eigenvalue weighted by Gasteiger charge is -2.38. The van der Waals surface area contributed by atoms with Crippen LogP contribution < -0.4 is 16.4 Å². The van der Waals surface area contributed by atoms with Crippen molar-refractivity contribution in [2.45, 2.75) is 71.2 Å². The van der Waals surface area contributed by atoms with E-state index < -0.39 is 32.0 Å². The van der Waals surface area contributed by atoms with E-state index in [4.69, 9.17) is 34.5 Å². The minimum Gasteiger partial charge on any atom is -0.463 e. The molecular formula is C18H34N3O9P. The fourth-order valence-electron chi connectivity index (χ4n) is 2.99. The van der Waals surface area contributed by atoms with E-state index in [1.165, 1.54) is 6.92 Å². The van der Waals surface area contributed by atoms with Crippen molar-refractivity contribution in [2.75, 3.05) is 13.2 Å². The first kappa shape index (κ1) is 29.2. The van der Waals surface area contributed by atoms with Crippen LogP contribution in [0.25, 0.3) is 0 Å². The first-order valence-corrected chi connectivity index (χ1v) is 11.5. The second-order valence-corrected chi connectivity index (χ2v) is 7.80. The number of phosphoric acid groups is 1. The van der Waals surface area contributed by atoms with Gasteiger partial charge < -0.3 is 40.5 Å². The Morgan fingerprint density at radius 2 is 1.74 bits per heavy atom. The molecule has 31 heavy (non-hydrogen) atoms. The van der Waals surface area contributed by atoms with Crippen molar-refractivity contribution in [3.05, 3.63) is 11.6 Å². The van der Waals surface area contributed by atoms with E-state index in [0.717, 1.165) is 12.8 Å². The van der Waals surface area contributed by atoms with Gasteiger partial charge in [-0.25, -0.2) is 9.36 Å². The van der Waals surface area contributed by atoms with E-state index in [0.29, 0.717) is 5.57 Å². The Balaban J connectivity index is 0.00000161. The molecule has 0 aromatic carbocycles. The molecule has 0 aromatic heterocycles. The first-order chi connectivity index (χ1) is 14.4. The molecule has 1 rings (SSSR count). The van der Waals surface area contributed by atoms with Crippen LogP contribution in [0.4, 0.5) is 0 Å². The zero-order valence-corrected chi connectivity index (χ0v) is 19.1.